The Kier molecular flexibility index (Phi) is 6.06. The molecule has 3 aromatic carbocycles. The van der Waals surface area contributed by atoms with Crippen molar-refractivity contribution < 1.29 is 14.5 Å². The second-order valence-corrected chi connectivity index (χ2v) is 7.44. The summed E-state index contributed by atoms with van der Waals surface area (Å²) >= 11 is 5.31. The number of carbonyl (C=O) groups is 1. The monoisotopic (exact) mass is 436 g/mol. The average Bonchev–Trinajstić information content (AvgIpc) is 2.79. The van der Waals surface area contributed by atoms with Crippen molar-refractivity contribution in [2.24, 2.45) is 0 Å². The van der Waals surface area contributed by atoms with E-state index >= 15 is 0 Å². The number of rotatable bonds is 4. The van der Waals surface area contributed by atoms with E-state index in [0.717, 1.165) is 16.5 Å². The van der Waals surface area contributed by atoms with Crippen LogP contribution in [0.4, 0.5) is 17.1 Å². The first-order chi connectivity index (χ1) is 15.0. The highest BCUT2D eigenvalue weighted by molar-refractivity contribution is 7.80. The van der Waals surface area contributed by atoms with E-state index in [1.807, 2.05) is 47.4 Å². The summed E-state index contributed by atoms with van der Waals surface area (Å²) in [5, 5.41) is 19.1. The molecular weight excluding hydrogens is 416 g/mol. The number of nitrogens with one attached hydrogen (secondary N) is 2. The Labute approximate surface area is 184 Å². The van der Waals surface area contributed by atoms with Crippen molar-refractivity contribution >= 4 is 51.1 Å². The van der Waals surface area contributed by atoms with E-state index in [1.54, 1.807) is 6.07 Å². The van der Waals surface area contributed by atoms with Gasteiger partial charge in [-0.25, -0.2) is 0 Å². The molecule has 3 aromatic rings. The highest BCUT2D eigenvalue weighted by Gasteiger charge is 2.22. The van der Waals surface area contributed by atoms with E-state index in [0.29, 0.717) is 32.0 Å². The Morgan fingerprint density at radius 1 is 1.03 bits per heavy atom. The average molecular weight is 436 g/mol. The van der Waals surface area contributed by atoms with Crippen LogP contribution in [0.3, 0.4) is 0 Å². The Hall–Kier alpha value is -3.56. The molecule has 0 aliphatic carbocycles. The lowest BCUT2D eigenvalue weighted by atomic mass is 10.1. The molecule has 0 unspecified atom stereocenters. The zero-order valence-corrected chi connectivity index (χ0v) is 17.4. The number of ether oxygens (including phenoxy) is 1. The van der Waals surface area contributed by atoms with E-state index in [1.165, 1.54) is 12.1 Å². The van der Waals surface area contributed by atoms with Gasteiger partial charge in [0, 0.05) is 30.9 Å². The normalized spacial score (nSPS) is 13.6. The van der Waals surface area contributed by atoms with Crippen LogP contribution < -0.4 is 15.5 Å². The minimum absolute atomic E-state index is 0.111. The molecule has 9 heteroatoms. The van der Waals surface area contributed by atoms with Crippen molar-refractivity contribution in [2.75, 3.05) is 36.5 Å². The predicted molar refractivity (Wildman–Crippen MR) is 124 cm³/mol. The van der Waals surface area contributed by atoms with Gasteiger partial charge in [-0.1, -0.05) is 30.3 Å². The highest BCUT2D eigenvalue weighted by atomic mass is 32.1. The molecule has 0 bridgehead atoms. The first kappa shape index (κ1) is 20.7. The molecule has 0 atom stereocenters. The quantitative estimate of drug-likeness (QED) is 0.366. The number of carbonyl (C=O) groups excluding carboxylic acids is 1. The third kappa shape index (κ3) is 4.79. The summed E-state index contributed by atoms with van der Waals surface area (Å²) in [5.41, 5.74) is 1.38. The third-order valence-electron chi connectivity index (χ3n) is 5.02. The van der Waals surface area contributed by atoms with Crippen molar-refractivity contribution in [1.82, 2.24) is 5.32 Å². The van der Waals surface area contributed by atoms with Gasteiger partial charge in [0.2, 0.25) is 0 Å². The number of nitro benzene ring substituents is 1. The number of morpholine rings is 1. The number of benzene rings is 3. The number of nitro groups is 1. The molecule has 158 valence electrons. The number of fused-ring (bicyclic) bond motifs is 1. The summed E-state index contributed by atoms with van der Waals surface area (Å²) in [7, 11) is 0. The van der Waals surface area contributed by atoms with Crippen molar-refractivity contribution in [3.05, 3.63) is 76.3 Å². The van der Waals surface area contributed by atoms with Crippen LogP contribution in [0.2, 0.25) is 0 Å². The summed E-state index contributed by atoms with van der Waals surface area (Å²) in [6.45, 7) is 2.25. The molecule has 31 heavy (non-hydrogen) atoms. The molecular formula is C22H20N4O4S. The summed E-state index contributed by atoms with van der Waals surface area (Å²) in [6.07, 6.45) is 0. The van der Waals surface area contributed by atoms with Crippen LogP contribution >= 0.6 is 12.2 Å². The van der Waals surface area contributed by atoms with Gasteiger partial charge in [0.15, 0.2) is 5.11 Å². The van der Waals surface area contributed by atoms with Gasteiger partial charge in [-0.15, -0.1) is 0 Å². The Bertz CT molecular complexity index is 1160. The second kappa shape index (κ2) is 9.07. The van der Waals surface area contributed by atoms with Gasteiger partial charge in [-0.3, -0.25) is 20.2 Å². The molecule has 0 spiro atoms. The fraction of sp³-hybridized carbons (Fsp3) is 0.182. The minimum Gasteiger partial charge on any atom is -0.378 e. The molecule has 1 saturated heterocycles. The smallest absolute Gasteiger partial charge is 0.270 e. The molecule has 4 rings (SSSR count). The molecule has 0 radical (unpaired) electrons. The van der Waals surface area contributed by atoms with Crippen molar-refractivity contribution in [3.63, 3.8) is 0 Å². The maximum absolute atomic E-state index is 13.0. The van der Waals surface area contributed by atoms with Gasteiger partial charge in [-0.05, 0) is 41.2 Å². The molecule has 1 fully saturated rings. The number of hydrogen-bond donors (Lipinski definition) is 2. The van der Waals surface area contributed by atoms with Crippen molar-refractivity contribution in [2.45, 2.75) is 0 Å². The van der Waals surface area contributed by atoms with E-state index in [9.17, 15) is 14.9 Å². The molecule has 8 nitrogen and oxygen atoms in total. The second-order valence-electron chi connectivity index (χ2n) is 7.03. The van der Waals surface area contributed by atoms with Gasteiger partial charge in [-0.2, -0.15) is 0 Å². The Morgan fingerprint density at radius 3 is 2.52 bits per heavy atom. The number of thiocarbonyl (C=S) groups is 1. The zero-order chi connectivity index (χ0) is 21.8. The maximum atomic E-state index is 13.0. The number of hydrogen-bond acceptors (Lipinski definition) is 6. The number of nitrogens with zero attached hydrogens (tertiary/aromatic N) is 2. The Morgan fingerprint density at radius 2 is 1.77 bits per heavy atom. The van der Waals surface area contributed by atoms with E-state index in [-0.39, 0.29) is 16.4 Å². The predicted octanol–water partition coefficient (Wildman–Crippen LogP) is 3.71. The van der Waals surface area contributed by atoms with Crippen LogP contribution in [0.1, 0.15) is 10.4 Å². The first-order valence-electron chi connectivity index (χ1n) is 9.73. The number of anilines is 2. The highest BCUT2D eigenvalue weighted by Crippen LogP contribution is 2.26. The number of non-ortho nitro benzene ring substituents is 1. The van der Waals surface area contributed by atoms with Crippen LogP contribution in [-0.4, -0.2) is 42.2 Å². The molecule has 1 heterocycles. The van der Waals surface area contributed by atoms with Gasteiger partial charge in [0.05, 0.1) is 29.4 Å². The molecule has 1 amide bonds. The van der Waals surface area contributed by atoms with Gasteiger partial charge in [0.1, 0.15) is 0 Å². The lowest BCUT2D eigenvalue weighted by Crippen LogP contribution is -2.39. The Balaban J connectivity index is 1.53. The molecule has 2 N–H and O–H groups in total. The van der Waals surface area contributed by atoms with Crippen molar-refractivity contribution in [1.29, 1.82) is 0 Å². The first-order valence-corrected chi connectivity index (χ1v) is 10.1. The van der Waals surface area contributed by atoms with Gasteiger partial charge < -0.3 is 15.0 Å². The summed E-state index contributed by atoms with van der Waals surface area (Å²) in [5.74, 6) is -0.511. The lowest BCUT2D eigenvalue weighted by Gasteiger charge is -2.30. The SMILES string of the molecule is O=C(NC(=S)Nc1ccc2ccccc2c1)c1cc([N+](=O)[O-])ccc1N1CCOCC1. The van der Waals surface area contributed by atoms with E-state index in [2.05, 4.69) is 10.6 Å². The van der Waals surface area contributed by atoms with Crippen LogP contribution in [0.25, 0.3) is 10.8 Å². The van der Waals surface area contributed by atoms with Gasteiger partial charge in [0.25, 0.3) is 11.6 Å². The molecule has 0 aromatic heterocycles. The van der Waals surface area contributed by atoms with Crippen LogP contribution in [0.15, 0.2) is 60.7 Å². The fourth-order valence-electron chi connectivity index (χ4n) is 3.50. The van der Waals surface area contributed by atoms with Crippen LogP contribution in [-0.2, 0) is 4.74 Å². The molecule has 1 aliphatic heterocycles. The van der Waals surface area contributed by atoms with Crippen LogP contribution in [0, 0.1) is 10.1 Å². The van der Waals surface area contributed by atoms with Crippen LogP contribution in [0.5, 0.6) is 0 Å². The largest absolute Gasteiger partial charge is 0.378 e. The minimum atomic E-state index is -0.522. The van der Waals surface area contributed by atoms with E-state index < -0.39 is 10.8 Å². The van der Waals surface area contributed by atoms with Crippen molar-refractivity contribution in [3.8, 4) is 0 Å². The summed E-state index contributed by atoms with van der Waals surface area (Å²) in [4.78, 5) is 25.7. The molecule has 0 saturated carbocycles. The van der Waals surface area contributed by atoms with Gasteiger partial charge >= 0.3 is 0 Å². The lowest BCUT2D eigenvalue weighted by molar-refractivity contribution is -0.384. The fourth-order valence-corrected chi connectivity index (χ4v) is 3.71. The third-order valence-corrected chi connectivity index (χ3v) is 5.23. The zero-order valence-electron chi connectivity index (χ0n) is 16.5. The summed E-state index contributed by atoms with van der Waals surface area (Å²) in [6, 6.07) is 17.9. The number of amides is 1. The van der Waals surface area contributed by atoms with E-state index in [4.69, 9.17) is 17.0 Å². The maximum Gasteiger partial charge on any atom is 0.270 e. The standard InChI is InChI=1S/C22H20N4O4S/c27-21(24-22(31)23-17-6-5-15-3-1-2-4-16(15)13-17)19-14-18(26(28)29)7-8-20(19)25-9-11-30-12-10-25/h1-8,13-14H,9-12H2,(H2,23,24,27,31). The topological polar surface area (TPSA) is 96.7 Å². The molecule has 1 aliphatic rings. The summed E-state index contributed by atoms with van der Waals surface area (Å²) < 4.78 is 5.36.